The van der Waals surface area contributed by atoms with Crippen molar-refractivity contribution in [2.75, 3.05) is 6.54 Å². The first-order chi connectivity index (χ1) is 12.6. The summed E-state index contributed by atoms with van der Waals surface area (Å²) in [5.74, 6) is 0.264. The van der Waals surface area contributed by atoms with E-state index in [-0.39, 0.29) is 24.8 Å². The molecular weight excluding hydrogens is 338 g/mol. The van der Waals surface area contributed by atoms with Gasteiger partial charge in [-0.3, -0.25) is 24.6 Å². The second kappa shape index (κ2) is 7.72. The van der Waals surface area contributed by atoms with E-state index in [9.17, 15) is 14.4 Å². The molecule has 3 heterocycles. The molecule has 0 radical (unpaired) electrons. The highest BCUT2D eigenvalue weighted by molar-refractivity contribution is 6.05. The third kappa shape index (κ3) is 3.85. The quantitative estimate of drug-likeness (QED) is 0.607. The lowest BCUT2D eigenvalue weighted by atomic mass is 10.2. The molecule has 1 saturated heterocycles. The van der Waals surface area contributed by atoms with Crippen molar-refractivity contribution < 1.29 is 14.4 Å². The highest BCUT2D eigenvalue weighted by atomic mass is 16.2. The fourth-order valence-electron chi connectivity index (χ4n) is 2.59. The minimum absolute atomic E-state index is 0.115. The Morgan fingerprint density at radius 3 is 2.81 bits per heavy atom. The Morgan fingerprint density at radius 2 is 2.08 bits per heavy atom. The molecule has 10 nitrogen and oxygen atoms in total. The van der Waals surface area contributed by atoms with Crippen LogP contribution in [0.3, 0.4) is 0 Å². The Kier molecular flexibility index (Phi) is 5.20. The number of carbonyl (C=O) groups excluding carboxylic acids is 3. The molecule has 1 fully saturated rings. The van der Waals surface area contributed by atoms with Gasteiger partial charge in [0.05, 0.1) is 13.0 Å². The van der Waals surface area contributed by atoms with Crippen molar-refractivity contribution in [3.8, 4) is 11.4 Å². The summed E-state index contributed by atoms with van der Waals surface area (Å²) in [5.41, 5.74) is 0.809. The van der Waals surface area contributed by atoms with Gasteiger partial charge in [0.1, 0.15) is 11.9 Å². The van der Waals surface area contributed by atoms with Crippen LogP contribution in [0.25, 0.3) is 11.4 Å². The lowest BCUT2D eigenvalue weighted by Gasteiger charge is -2.11. The number of aromatic nitrogens is 4. The smallest absolute Gasteiger partial charge is 0.324 e. The van der Waals surface area contributed by atoms with E-state index >= 15 is 0 Å². The van der Waals surface area contributed by atoms with Gasteiger partial charge in [-0.05, 0) is 18.6 Å². The van der Waals surface area contributed by atoms with E-state index in [1.165, 1.54) is 0 Å². The molecule has 1 atom stereocenters. The van der Waals surface area contributed by atoms with Crippen LogP contribution in [0.5, 0.6) is 0 Å². The number of H-pyrrole nitrogens is 1. The van der Waals surface area contributed by atoms with Gasteiger partial charge in [-0.1, -0.05) is 6.92 Å². The number of aromatic amines is 1. The molecule has 0 saturated carbocycles. The zero-order chi connectivity index (χ0) is 18.5. The van der Waals surface area contributed by atoms with Crippen LogP contribution in [0.1, 0.15) is 25.6 Å². The summed E-state index contributed by atoms with van der Waals surface area (Å²) in [6.07, 6.45) is 3.84. The summed E-state index contributed by atoms with van der Waals surface area (Å²) in [7, 11) is 0. The van der Waals surface area contributed by atoms with Crippen molar-refractivity contribution in [1.29, 1.82) is 0 Å². The van der Waals surface area contributed by atoms with Crippen LogP contribution >= 0.6 is 0 Å². The predicted molar refractivity (Wildman–Crippen MR) is 90.4 cm³/mol. The molecule has 0 unspecified atom stereocenters. The second-order valence-corrected chi connectivity index (χ2v) is 5.81. The van der Waals surface area contributed by atoms with E-state index in [1.807, 2.05) is 6.92 Å². The first-order valence-electron chi connectivity index (χ1n) is 8.28. The summed E-state index contributed by atoms with van der Waals surface area (Å²) in [6.45, 7) is 2.36. The molecule has 0 bridgehead atoms. The monoisotopic (exact) mass is 357 g/mol. The van der Waals surface area contributed by atoms with E-state index in [0.717, 1.165) is 10.5 Å². The maximum atomic E-state index is 12.1. The van der Waals surface area contributed by atoms with Crippen molar-refractivity contribution in [3.05, 3.63) is 30.4 Å². The molecule has 2 aromatic rings. The number of nitrogens with zero attached hydrogens (tertiary/aromatic N) is 4. The number of urea groups is 1. The number of amides is 4. The molecule has 136 valence electrons. The van der Waals surface area contributed by atoms with Gasteiger partial charge in [-0.15, -0.1) is 0 Å². The molecule has 1 aliphatic heterocycles. The number of hydrogen-bond donors (Lipinski definition) is 3. The molecular formula is C16H19N7O3. The average molecular weight is 357 g/mol. The van der Waals surface area contributed by atoms with Gasteiger partial charge in [0.15, 0.2) is 5.82 Å². The SMILES string of the molecule is CCCN1C(=O)N[C@@H](CC(=O)NCc2nc(-c3ccncc3)n[nH]2)C1=O. The van der Waals surface area contributed by atoms with Crippen LogP contribution in [-0.4, -0.2) is 55.5 Å². The van der Waals surface area contributed by atoms with Crippen LogP contribution < -0.4 is 10.6 Å². The normalized spacial score (nSPS) is 16.7. The molecule has 1 aliphatic rings. The fraction of sp³-hybridized carbons (Fsp3) is 0.375. The van der Waals surface area contributed by atoms with Crippen LogP contribution in [0.2, 0.25) is 0 Å². The summed E-state index contributed by atoms with van der Waals surface area (Å²) in [5, 5.41) is 12.0. The first kappa shape index (κ1) is 17.5. The summed E-state index contributed by atoms with van der Waals surface area (Å²) in [6, 6.07) is 2.28. The molecule has 10 heteroatoms. The van der Waals surface area contributed by atoms with Crippen molar-refractivity contribution in [2.45, 2.75) is 32.4 Å². The molecule has 0 spiro atoms. The number of pyridine rings is 1. The molecule has 3 N–H and O–H groups in total. The van der Waals surface area contributed by atoms with E-state index in [2.05, 4.69) is 30.8 Å². The van der Waals surface area contributed by atoms with E-state index in [0.29, 0.717) is 24.6 Å². The molecule has 4 amide bonds. The Hall–Kier alpha value is -3.30. The largest absolute Gasteiger partial charge is 0.349 e. The minimum atomic E-state index is -0.823. The van der Waals surface area contributed by atoms with Gasteiger partial charge in [-0.2, -0.15) is 5.10 Å². The van der Waals surface area contributed by atoms with Gasteiger partial charge in [0, 0.05) is 24.5 Å². The maximum absolute atomic E-state index is 12.1. The van der Waals surface area contributed by atoms with E-state index in [4.69, 9.17) is 0 Å². The van der Waals surface area contributed by atoms with Gasteiger partial charge >= 0.3 is 6.03 Å². The Morgan fingerprint density at radius 1 is 1.31 bits per heavy atom. The predicted octanol–water partition coefficient (Wildman–Crippen LogP) is 0.203. The Bertz CT molecular complexity index is 805. The summed E-state index contributed by atoms with van der Waals surface area (Å²) >= 11 is 0. The van der Waals surface area contributed by atoms with E-state index in [1.54, 1.807) is 24.5 Å². The van der Waals surface area contributed by atoms with Crippen molar-refractivity contribution in [2.24, 2.45) is 0 Å². The summed E-state index contributed by atoms with van der Waals surface area (Å²) < 4.78 is 0. The topological polar surface area (TPSA) is 133 Å². The lowest BCUT2D eigenvalue weighted by Crippen LogP contribution is -2.36. The average Bonchev–Trinajstić information content (AvgIpc) is 3.22. The molecule has 26 heavy (non-hydrogen) atoms. The lowest BCUT2D eigenvalue weighted by molar-refractivity contribution is -0.130. The van der Waals surface area contributed by atoms with Gasteiger partial charge in [-0.25, -0.2) is 9.78 Å². The highest BCUT2D eigenvalue weighted by Crippen LogP contribution is 2.13. The number of carbonyl (C=O) groups is 3. The number of rotatable bonds is 7. The van der Waals surface area contributed by atoms with Crippen LogP contribution in [0, 0.1) is 0 Å². The van der Waals surface area contributed by atoms with Crippen LogP contribution in [0.4, 0.5) is 4.79 Å². The standard InChI is InChI=1S/C16H19N7O3/c1-2-7-23-15(25)11(19-16(23)26)8-13(24)18-9-12-20-14(22-21-12)10-3-5-17-6-4-10/h3-6,11H,2,7-9H2,1H3,(H,18,24)(H,19,26)(H,20,21,22)/t11-/m0/s1. The highest BCUT2D eigenvalue weighted by Gasteiger charge is 2.38. The van der Waals surface area contributed by atoms with Gasteiger partial charge < -0.3 is 10.6 Å². The number of imide groups is 1. The zero-order valence-corrected chi connectivity index (χ0v) is 14.2. The maximum Gasteiger partial charge on any atom is 0.324 e. The zero-order valence-electron chi connectivity index (χ0n) is 14.2. The third-order valence-electron chi connectivity index (χ3n) is 3.87. The fourth-order valence-corrected chi connectivity index (χ4v) is 2.59. The van der Waals surface area contributed by atoms with Crippen LogP contribution in [0.15, 0.2) is 24.5 Å². The molecule has 0 aliphatic carbocycles. The van der Waals surface area contributed by atoms with Gasteiger partial charge in [0.25, 0.3) is 5.91 Å². The molecule has 0 aromatic carbocycles. The third-order valence-corrected chi connectivity index (χ3v) is 3.87. The summed E-state index contributed by atoms with van der Waals surface area (Å²) in [4.78, 5) is 45.2. The Balaban J connectivity index is 1.51. The van der Waals surface area contributed by atoms with Gasteiger partial charge in [0.2, 0.25) is 5.91 Å². The Labute approximate surface area is 149 Å². The number of nitrogens with one attached hydrogen (secondary N) is 3. The van der Waals surface area contributed by atoms with Crippen molar-refractivity contribution in [1.82, 2.24) is 35.7 Å². The van der Waals surface area contributed by atoms with Crippen molar-refractivity contribution in [3.63, 3.8) is 0 Å². The van der Waals surface area contributed by atoms with E-state index < -0.39 is 12.1 Å². The van der Waals surface area contributed by atoms with Crippen LogP contribution in [-0.2, 0) is 16.1 Å². The molecule has 3 rings (SSSR count). The first-order valence-corrected chi connectivity index (χ1v) is 8.28. The second-order valence-electron chi connectivity index (χ2n) is 5.81. The minimum Gasteiger partial charge on any atom is -0.349 e. The molecule has 2 aromatic heterocycles. The number of hydrogen-bond acceptors (Lipinski definition) is 6. The van der Waals surface area contributed by atoms with Crippen molar-refractivity contribution >= 4 is 17.8 Å².